The van der Waals surface area contributed by atoms with E-state index in [9.17, 15) is 9.90 Å². The number of phenols is 1. The number of hydrogen-bond donors (Lipinski definition) is 1. The number of esters is 1. The fourth-order valence-electron chi connectivity index (χ4n) is 3.22. The Morgan fingerprint density at radius 3 is 2.79 bits per heavy atom. The van der Waals surface area contributed by atoms with E-state index in [0.717, 1.165) is 5.56 Å². The second-order valence-corrected chi connectivity index (χ2v) is 5.41. The van der Waals surface area contributed by atoms with Crippen LogP contribution in [0.3, 0.4) is 0 Å². The van der Waals surface area contributed by atoms with Gasteiger partial charge in [-0.1, -0.05) is 30.7 Å². The summed E-state index contributed by atoms with van der Waals surface area (Å²) in [4.78, 5) is 11.8. The van der Waals surface area contributed by atoms with Crippen LogP contribution in [0.4, 0.5) is 0 Å². The number of fused-ring (bicyclic) bond motifs is 1. The lowest BCUT2D eigenvalue weighted by Gasteiger charge is -2.21. The Morgan fingerprint density at radius 1 is 1.53 bits per heavy atom. The van der Waals surface area contributed by atoms with Crippen molar-refractivity contribution in [3.8, 4) is 5.75 Å². The van der Waals surface area contributed by atoms with Crippen molar-refractivity contribution >= 4 is 5.97 Å². The van der Waals surface area contributed by atoms with Crippen LogP contribution in [-0.2, 0) is 9.53 Å². The van der Waals surface area contributed by atoms with Crippen LogP contribution in [0.15, 0.2) is 35.9 Å². The monoisotopic (exact) mass is 258 g/mol. The third kappa shape index (κ3) is 1.84. The van der Waals surface area contributed by atoms with E-state index in [0.29, 0.717) is 18.9 Å². The topological polar surface area (TPSA) is 46.5 Å². The van der Waals surface area contributed by atoms with Crippen LogP contribution in [0.25, 0.3) is 0 Å². The molecule has 1 saturated carbocycles. The number of allylic oxidation sites excluding steroid dienone is 2. The fraction of sp³-hybridized carbons (Fsp3) is 0.438. The number of rotatable bonds is 5. The second-order valence-electron chi connectivity index (χ2n) is 5.41. The van der Waals surface area contributed by atoms with Gasteiger partial charge < -0.3 is 9.84 Å². The number of carbonyl (C=O) groups excluding carboxylic acids is 1. The minimum absolute atomic E-state index is 0.0978. The highest BCUT2D eigenvalue weighted by atomic mass is 16.5. The molecule has 0 saturated heterocycles. The van der Waals surface area contributed by atoms with Crippen LogP contribution in [0.5, 0.6) is 5.75 Å². The van der Waals surface area contributed by atoms with Crippen molar-refractivity contribution in [3.63, 3.8) is 0 Å². The Hall–Kier alpha value is -1.77. The van der Waals surface area contributed by atoms with Crippen LogP contribution in [-0.4, -0.2) is 17.7 Å². The summed E-state index contributed by atoms with van der Waals surface area (Å²) in [6, 6.07) is 7.22. The Morgan fingerprint density at radius 2 is 2.26 bits per heavy atom. The van der Waals surface area contributed by atoms with Crippen molar-refractivity contribution < 1.29 is 14.6 Å². The number of benzene rings is 1. The van der Waals surface area contributed by atoms with E-state index in [-0.39, 0.29) is 23.1 Å². The van der Waals surface area contributed by atoms with Gasteiger partial charge in [-0.15, -0.1) is 0 Å². The van der Waals surface area contributed by atoms with Crippen LogP contribution in [0.1, 0.15) is 31.7 Å². The minimum Gasteiger partial charge on any atom is -0.508 e. The van der Waals surface area contributed by atoms with Crippen molar-refractivity contribution in [2.45, 2.75) is 26.2 Å². The predicted molar refractivity (Wildman–Crippen MR) is 71.8 cm³/mol. The normalized spacial score (nSPS) is 28.1. The zero-order valence-corrected chi connectivity index (χ0v) is 11.2. The Kier molecular flexibility index (Phi) is 2.66. The first kappa shape index (κ1) is 12.3. The molecule has 3 rings (SSSR count). The summed E-state index contributed by atoms with van der Waals surface area (Å²) in [5.74, 6) is 0.750. The van der Waals surface area contributed by atoms with Crippen LogP contribution < -0.4 is 0 Å². The maximum atomic E-state index is 11.8. The van der Waals surface area contributed by atoms with Gasteiger partial charge in [-0.25, -0.2) is 0 Å². The number of aromatic hydroxyl groups is 1. The molecule has 0 heterocycles. The van der Waals surface area contributed by atoms with E-state index >= 15 is 0 Å². The van der Waals surface area contributed by atoms with E-state index in [1.54, 1.807) is 12.1 Å². The molecule has 0 aromatic heterocycles. The van der Waals surface area contributed by atoms with Gasteiger partial charge in [0.1, 0.15) is 5.75 Å². The number of phenolic OH excluding ortho intramolecular Hbond substituents is 1. The summed E-state index contributed by atoms with van der Waals surface area (Å²) in [6.07, 6.45) is 2.62. The summed E-state index contributed by atoms with van der Waals surface area (Å²) in [5, 5.41) is 9.63. The molecule has 1 N–H and O–H groups in total. The van der Waals surface area contributed by atoms with Crippen molar-refractivity contribution in [2.75, 3.05) is 6.61 Å². The number of carbonyl (C=O) groups is 1. The van der Waals surface area contributed by atoms with Gasteiger partial charge in [0.25, 0.3) is 0 Å². The first-order valence-corrected chi connectivity index (χ1v) is 6.77. The molecular formula is C16H18O3. The quantitative estimate of drug-likeness (QED) is 0.652. The van der Waals surface area contributed by atoms with Gasteiger partial charge in [0.2, 0.25) is 0 Å². The number of ether oxygens (including phenoxy) is 1. The van der Waals surface area contributed by atoms with Gasteiger partial charge in [-0.2, -0.15) is 0 Å². The molecule has 1 aromatic rings. The maximum Gasteiger partial charge on any atom is 0.306 e. The molecule has 2 aliphatic rings. The molecule has 3 atom stereocenters. The molecule has 1 fully saturated rings. The van der Waals surface area contributed by atoms with Crippen molar-refractivity contribution in [2.24, 2.45) is 11.3 Å². The Balaban J connectivity index is 1.84. The zero-order chi connectivity index (χ0) is 13.6. The van der Waals surface area contributed by atoms with Crippen molar-refractivity contribution in [1.29, 1.82) is 0 Å². The predicted octanol–water partition coefficient (Wildman–Crippen LogP) is 3.01. The Labute approximate surface area is 112 Å². The third-order valence-corrected chi connectivity index (χ3v) is 4.44. The third-order valence-electron chi connectivity index (χ3n) is 4.44. The highest BCUT2D eigenvalue weighted by Gasteiger charge is 2.70. The highest BCUT2D eigenvalue weighted by molar-refractivity contribution is 5.74. The lowest BCUT2D eigenvalue weighted by Crippen LogP contribution is -2.17. The molecule has 0 bridgehead atoms. The van der Waals surface area contributed by atoms with E-state index in [4.69, 9.17) is 4.74 Å². The smallest absolute Gasteiger partial charge is 0.306 e. The lowest BCUT2D eigenvalue weighted by atomic mass is 9.83. The van der Waals surface area contributed by atoms with Crippen molar-refractivity contribution in [3.05, 3.63) is 41.5 Å². The van der Waals surface area contributed by atoms with Crippen LogP contribution in [0.2, 0.25) is 0 Å². The summed E-state index contributed by atoms with van der Waals surface area (Å²) >= 11 is 0. The van der Waals surface area contributed by atoms with E-state index in [1.807, 2.05) is 19.1 Å². The average Bonchev–Trinajstić information content (AvgIpc) is 3.24. The molecule has 0 spiro atoms. The summed E-state index contributed by atoms with van der Waals surface area (Å²) in [7, 11) is 0. The van der Waals surface area contributed by atoms with E-state index < -0.39 is 0 Å². The van der Waals surface area contributed by atoms with Gasteiger partial charge in [0.05, 0.1) is 13.0 Å². The summed E-state index contributed by atoms with van der Waals surface area (Å²) in [6.45, 7) is 4.42. The van der Waals surface area contributed by atoms with Crippen molar-refractivity contribution in [1.82, 2.24) is 0 Å². The second kappa shape index (κ2) is 4.12. The van der Waals surface area contributed by atoms with Gasteiger partial charge in [0, 0.05) is 11.3 Å². The van der Waals surface area contributed by atoms with Gasteiger partial charge >= 0.3 is 5.97 Å². The molecule has 0 unspecified atom stereocenters. The van der Waals surface area contributed by atoms with Gasteiger partial charge in [-0.3, -0.25) is 4.79 Å². The lowest BCUT2D eigenvalue weighted by molar-refractivity contribution is -0.143. The van der Waals surface area contributed by atoms with Crippen LogP contribution in [0, 0.1) is 11.3 Å². The molecule has 0 amide bonds. The molecule has 0 aliphatic heterocycles. The fourth-order valence-corrected chi connectivity index (χ4v) is 3.22. The molecule has 1 aromatic carbocycles. The summed E-state index contributed by atoms with van der Waals surface area (Å²) in [5.41, 5.74) is 2.56. The average molecular weight is 258 g/mol. The SMILES string of the molecule is CCOC(=O)C[C@H](c1cccc(O)c1)[C@]12C=C1[C@@H]2C. The first-order valence-electron chi connectivity index (χ1n) is 6.77. The van der Waals surface area contributed by atoms with Gasteiger partial charge in [0.15, 0.2) is 0 Å². The molecule has 19 heavy (non-hydrogen) atoms. The van der Waals surface area contributed by atoms with Crippen LogP contribution >= 0.6 is 0 Å². The highest BCUT2D eigenvalue weighted by Crippen LogP contribution is 2.79. The maximum absolute atomic E-state index is 11.8. The molecule has 100 valence electrons. The van der Waals surface area contributed by atoms with E-state index in [1.165, 1.54) is 5.57 Å². The standard InChI is InChI=1S/C16H18O3/c1-3-19-15(18)8-13(16-9-14(16)10(16)2)11-5-4-6-12(17)7-11/h4-7,9-10,13,17H,3,8H2,1-2H3/t10-,13+,16+/m0/s1. The molecule has 2 aliphatic carbocycles. The molecule has 3 heteroatoms. The molecule has 3 nitrogen and oxygen atoms in total. The molecule has 0 radical (unpaired) electrons. The van der Waals surface area contributed by atoms with E-state index in [2.05, 4.69) is 13.0 Å². The Bertz CT molecular complexity index is 561. The molecular weight excluding hydrogens is 240 g/mol. The summed E-state index contributed by atoms with van der Waals surface area (Å²) < 4.78 is 5.08. The first-order chi connectivity index (χ1) is 9.09. The zero-order valence-electron chi connectivity index (χ0n) is 11.2. The largest absolute Gasteiger partial charge is 0.508 e. The minimum atomic E-state index is -0.163. The van der Waals surface area contributed by atoms with Gasteiger partial charge in [-0.05, 0) is 30.5 Å². The number of hydrogen-bond acceptors (Lipinski definition) is 3.